The Morgan fingerprint density at radius 2 is 0.697 bits per heavy atom. The molecule has 0 amide bonds. The van der Waals surface area contributed by atoms with Gasteiger partial charge in [0.25, 0.3) is 0 Å². The van der Waals surface area contributed by atoms with Crippen molar-refractivity contribution in [1.29, 1.82) is 0 Å². The van der Waals surface area contributed by atoms with Crippen LogP contribution in [0.1, 0.15) is 179 Å². The van der Waals surface area contributed by atoms with Crippen LogP contribution in [0.4, 0.5) is 0 Å². The summed E-state index contributed by atoms with van der Waals surface area (Å²) in [6.07, 6.45) is 27.7. The maximum Gasteiger partial charge on any atom is 0.178 e. The third kappa shape index (κ3) is 8.73. The molecule has 2 aliphatic heterocycles. The van der Waals surface area contributed by atoms with Gasteiger partial charge < -0.3 is 18.9 Å². The van der Waals surface area contributed by atoms with E-state index in [9.17, 15) is 0 Å². The first-order valence-corrected chi connectivity index (χ1v) is 33.2. The Morgan fingerprint density at radius 1 is 0.360 bits per heavy atom. The zero-order chi connectivity index (χ0) is 60.2. The molecule has 0 N–H and O–H groups in total. The molecule has 4 heteroatoms. The van der Waals surface area contributed by atoms with Gasteiger partial charge in [-0.05, 0) is 175 Å². The van der Waals surface area contributed by atoms with Gasteiger partial charge in [0.2, 0.25) is 0 Å². The molecule has 0 bridgehead atoms. The topological polar surface area (TPSA) is 36.9 Å². The van der Waals surface area contributed by atoms with Crippen molar-refractivity contribution in [3.05, 3.63) is 271 Å². The van der Waals surface area contributed by atoms with Crippen LogP contribution in [0.3, 0.4) is 0 Å². The van der Waals surface area contributed by atoms with Crippen molar-refractivity contribution in [2.24, 2.45) is 0 Å². The van der Waals surface area contributed by atoms with Crippen molar-refractivity contribution in [2.75, 3.05) is 14.2 Å². The molecule has 2 atom stereocenters. The van der Waals surface area contributed by atoms with Gasteiger partial charge in [-0.2, -0.15) is 0 Å². The van der Waals surface area contributed by atoms with E-state index in [1.807, 2.05) is 0 Å². The summed E-state index contributed by atoms with van der Waals surface area (Å²) in [5.41, 5.74) is 24.0. The highest BCUT2D eigenvalue weighted by atomic mass is 16.5. The smallest absolute Gasteiger partial charge is 0.178 e. The van der Waals surface area contributed by atoms with Gasteiger partial charge in [0.1, 0.15) is 23.0 Å². The number of rotatable bonds is 8. The fourth-order valence-corrected chi connectivity index (χ4v) is 17.5. The number of methoxy groups -OCH3 is 2. The van der Waals surface area contributed by atoms with Crippen molar-refractivity contribution in [2.45, 2.75) is 146 Å². The number of ether oxygens (including phenoxy) is 4. The van der Waals surface area contributed by atoms with Gasteiger partial charge in [0.05, 0.1) is 14.2 Å². The van der Waals surface area contributed by atoms with Crippen LogP contribution in [0.5, 0.6) is 23.0 Å². The predicted octanol–water partition coefficient (Wildman–Crippen LogP) is 21.6. The summed E-state index contributed by atoms with van der Waals surface area (Å²) < 4.78 is 27.4. The second kappa shape index (κ2) is 21.6. The Bertz CT molecular complexity index is 4220. The molecule has 0 saturated heterocycles. The lowest BCUT2D eigenvalue weighted by Crippen LogP contribution is -2.35. The minimum Gasteiger partial charge on any atom is -0.497 e. The largest absolute Gasteiger partial charge is 0.497 e. The molecule has 16 rings (SSSR count). The van der Waals surface area contributed by atoms with Crippen LogP contribution in [-0.4, -0.2) is 14.2 Å². The maximum absolute atomic E-state index is 7.94. The van der Waals surface area contributed by atoms with Gasteiger partial charge in [0, 0.05) is 55.0 Å². The number of aryl methyl sites for hydroxylation is 4. The fourth-order valence-electron chi connectivity index (χ4n) is 17.5. The minimum atomic E-state index is -0.912. The van der Waals surface area contributed by atoms with E-state index in [2.05, 4.69) is 222 Å². The van der Waals surface area contributed by atoms with E-state index in [0.717, 1.165) is 77.4 Å². The lowest BCUT2D eigenvalue weighted by molar-refractivity contribution is 0.163. The highest BCUT2D eigenvalue weighted by molar-refractivity contribution is 6.10. The van der Waals surface area contributed by atoms with Crippen LogP contribution in [0.2, 0.25) is 0 Å². The maximum atomic E-state index is 7.94. The quantitative estimate of drug-likeness (QED) is 0.152. The molecule has 4 aliphatic carbocycles. The van der Waals surface area contributed by atoms with Crippen LogP contribution in [0.15, 0.2) is 182 Å². The van der Waals surface area contributed by atoms with E-state index in [1.54, 1.807) is 14.2 Å². The molecule has 6 aliphatic rings. The Balaban J connectivity index is 0.778. The van der Waals surface area contributed by atoms with Crippen LogP contribution in [-0.2, 0) is 28.5 Å². The monoisotopic (exact) mass is 1160 g/mol. The lowest BCUT2D eigenvalue weighted by atomic mass is 9.67. The second-order valence-corrected chi connectivity index (χ2v) is 27.3. The van der Waals surface area contributed by atoms with Crippen LogP contribution in [0.25, 0.3) is 56.0 Å². The number of fused-ring (bicyclic) bond motifs is 20. The van der Waals surface area contributed by atoms with Crippen molar-refractivity contribution < 1.29 is 18.9 Å². The summed E-state index contributed by atoms with van der Waals surface area (Å²) in [4.78, 5) is 0. The molecule has 444 valence electrons. The van der Waals surface area contributed by atoms with Crippen LogP contribution >= 0.6 is 0 Å². The molecular formula is C85H80O4. The summed E-state index contributed by atoms with van der Waals surface area (Å²) >= 11 is 0. The van der Waals surface area contributed by atoms with Gasteiger partial charge in [-0.1, -0.05) is 232 Å². The molecule has 2 heterocycles. The molecule has 0 radical (unpaired) electrons. The van der Waals surface area contributed by atoms with Crippen molar-refractivity contribution >= 4 is 33.7 Å². The van der Waals surface area contributed by atoms with Crippen molar-refractivity contribution in [3.63, 3.8) is 0 Å². The van der Waals surface area contributed by atoms with E-state index in [1.165, 1.54) is 175 Å². The predicted molar refractivity (Wildman–Crippen MR) is 366 cm³/mol. The Morgan fingerprint density at radius 3 is 1.07 bits per heavy atom. The molecule has 2 fully saturated rings. The molecule has 2 unspecified atom stereocenters. The second-order valence-electron chi connectivity index (χ2n) is 27.3. The third-order valence-electron chi connectivity index (χ3n) is 21.9. The summed E-state index contributed by atoms with van der Waals surface area (Å²) in [5.74, 6) is 3.60. The average molecular weight is 1170 g/mol. The van der Waals surface area contributed by atoms with E-state index >= 15 is 0 Å². The van der Waals surface area contributed by atoms with Gasteiger partial charge in [-0.15, -0.1) is 0 Å². The zero-order valence-corrected chi connectivity index (χ0v) is 52.7. The first-order valence-electron chi connectivity index (χ1n) is 33.2. The molecule has 2 spiro atoms. The normalized spacial score (nSPS) is 20.0. The average Bonchev–Trinajstić information content (AvgIpc) is 1.61. The van der Waals surface area contributed by atoms with Crippen molar-refractivity contribution in [3.8, 4) is 45.3 Å². The van der Waals surface area contributed by atoms with E-state index < -0.39 is 11.2 Å². The SMILES string of the molecule is COc1ccc(C2(c3ccc(Cc4ccc(C5(c6ccc(OC)cc6)C=Cc6c7c(c8ccc(C)cc8c6O5)-c5ccc(C)cc5C75CCCCCCC5)cc4)cc3)C=Cc3c4c(c5ccc(C)cc5c3O2)-c2ccc(C)cc2C42CCCCCCC2)cc1. The number of hydrogen-bond acceptors (Lipinski definition) is 4. The van der Waals surface area contributed by atoms with E-state index in [4.69, 9.17) is 18.9 Å². The van der Waals surface area contributed by atoms with Crippen LogP contribution in [0, 0.1) is 27.7 Å². The summed E-state index contributed by atoms with van der Waals surface area (Å²) in [7, 11) is 3.48. The minimum absolute atomic E-state index is 0.0751. The molecule has 10 aromatic carbocycles. The standard InChI is InChI=1S/C85H80O4/c1-54-17-37-66-72(49-54)80-70(78-76(66)68-39-19-56(3)51-74(68)82(78)43-13-9-7-10-14-44-82)41-47-84(88-80,62-29-33-64(86-5)34-30-62)60-25-21-58(22-26-60)53-59-23-27-61(28-24-59)85(63-31-35-65(87-6)36-32-63)48-42-71-79-77(67-38-18-55(2)50-73(67)81(71)89-85)69-40-20-57(4)52-75(69)83(79)45-15-11-8-12-16-46-83/h17-42,47-52H,7-16,43-46,53H2,1-6H3. The highest BCUT2D eigenvalue weighted by Crippen LogP contribution is 2.64. The van der Waals surface area contributed by atoms with Gasteiger partial charge in [-0.3, -0.25) is 0 Å². The molecule has 89 heavy (non-hydrogen) atoms. The number of benzene rings is 10. The van der Waals surface area contributed by atoms with Gasteiger partial charge in [0.15, 0.2) is 11.2 Å². The molecule has 4 nitrogen and oxygen atoms in total. The first-order chi connectivity index (χ1) is 43.5. The van der Waals surface area contributed by atoms with Crippen LogP contribution < -0.4 is 18.9 Å². The van der Waals surface area contributed by atoms with Gasteiger partial charge >= 0.3 is 0 Å². The Labute approximate surface area is 526 Å². The Hall–Kier alpha value is -8.60. The molecule has 2 saturated carbocycles. The zero-order valence-electron chi connectivity index (χ0n) is 52.7. The number of hydrogen-bond donors (Lipinski definition) is 0. The van der Waals surface area contributed by atoms with Crippen molar-refractivity contribution in [1.82, 2.24) is 0 Å². The molecular weight excluding hydrogens is 1080 g/mol. The third-order valence-corrected chi connectivity index (χ3v) is 21.9. The van der Waals surface area contributed by atoms with E-state index in [0.29, 0.717) is 0 Å². The summed E-state index contributed by atoms with van der Waals surface area (Å²) in [6.45, 7) is 8.97. The summed E-state index contributed by atoms with van der Waals surface area (Å²) in [6, 6.07) is 64.1. The molecule has 0 aromatic heterocycles. The Kier molecular flexibility index (Phi) is 13.5. The lowest BCUT2D eigenvalue weighted by Gasteiger charge is -2.40. The molecule has 10 aromatic rings. The fraction of sp³-hybridized carbons (Fsp3) is 0.294. The van der Waals surface area contributed by atoms with E-state index in [-0.39, 0.29) is 10.8 Å². The highest BCUT2D eigenvalue weighted by Gasteiger charge is 2.51. The summed E-state index contributed by atoms with van der Waals surface area (Å²) in [5, 5.41) is 4.92. The first kappa shape index (κ1) is 55.7. The van der Waals surface area contributed by atoms with Gasteiger partial charge in [-0.25, -0.2) is 0 Å².